The Balaban J connectivity index is 2.28. The van der Waals surface area contributed by atoms with Crippen LogP contribution in [0.1, 0.15) is 22.3 Å². The van der Waals surface area contributed by atoms with E-state index in [2.05, 4.69) is 32.9 Å². The van der Waals surface area contributed by atoms with Crippen molar-refractivity contribution in [3.05, 3.63) is 64.7 Å². The second-order valence-corrected chi connectivity index (χ2v) is 6.13. The summed E-state index contributed by atoms with van der Waals surface area (Å²) >= 11 is 0. The first-order valence-corrected chi connectivity index (χ1v) is 7.40. The van der Waals surface area contributed by atoms with E-state index in [0.717, 1.165) is 4.90 Å². The number of hydrogen-bond acceptors (Lipinski definition) is 1. The summed E-state index contributed by atoms with van der Waals surface area (Å²) in [5.74, 6) is 0.599. The molecule has 0 spiro atoms. The lowest BCUT2D eigenvalue weighted by molar-refractivity contribution is 0.682. The van der Waals surface area contributed by atoms with Gasteiger partial charge in [-0.25, -0.2) is 0 Å². The quantitative estimate of drug-likeness (QED) is 0.815. The van der Waals surface area contributed by atoms with Crippen LogP contribution in [-0.4, -0.2) is 4.21 Å². The molecule has 0 amide bonds. The molecule has 2 rings (SSSR count). The molecule has 0 aromatic heterocycles. The van der Waals surface area contributed by atoms with Crippen LogP contribution in [0.15, 0.2) is 47.4 Å². The minimum absolute atomic E-state index is 0.599. The standard InChI is InChI=1S/C16H18OS/c1-12-9-13(2)16(14(3)10-12)11-18(17)15-7-5-4-6-8-15/h4-10H,11H2,1-3H3. The van der Waals surface area contributed by atoms with Gasteiger partial charge in [0.15, 0.2) is 0 Å². The lowest BCUT2D eigenvalue weighted by Gasteiger charge is -2.11. The van der Waals surface area contributed by atoms with Crippen LogP contribution in [0.25, 0.3) is 0 Å². The van der Waals surface area contributed by atoms with E-state index in [0.29, 0.717) is 5.75 Å². The van der Waals surface area contributed by atoms with Gasteiger partial charge in [0.25, 0.3) is 0 Å². The molecular formula is C16H18OS. The SMILES string of the molecule is Cc1cc(C)c(CS(=O)c2ccccc2)c(C)c1. The fraction of sp³-hybridized carbons (Fsp3) is 0.250. The molecule has 0 aliphatic carbocycles. The fourth-order valence-corrected chi connectivity index (χ4v) is 3.57. The van der Waals surface area contributed by atoms with Gasteiger partial charge in [0.05, 0.1) is 16.6 Å². The molecule has 0 aliphatic rings. The molecule has 2 aromatic carbocycles. The molecule has 2 aromatic rings. The number of aryl methyl sites for hydroxylation is 3. The lowest BCUT2D eigenvalue weighted by atomic mass is 10.0. The van der Waals surface area contributed by atoms with Gasteiger partial charge in [-0.1, -0.05) is 35.9 Å². The summed E-state index contributed by atoms with van der Waals surface area (Å²) in [6.07, 6.45) is 0. The van der Waals surface area contributed by atoms with E-state index in [1.165, 1.54) is 22.3 Å². The normalized spacial score (nSPS) is 12.4. The molecular weight excluding hydrogens is 240 g/mol. The molecule has 0 heterocycles. The van der Waals surface area contributed by atoms with Crippen molar-refractivity contribution in [2.75, 3.05) is 0 Å². The van der Waals surface area contributed by atoms with Gasteiger partial charge >= 0.3 is 0 Å². The topological polar surface area (TPSA) is 17.1 Å². The zero-order valence-corrected chi connectivity index (χ0v) is 11.9. The molecule has 0 radical (unpaired) electrons. The summed E-state index contributed by atoms with van der Waals surface area (Å²) in [5.41, 5.74) is 4.94. The number of benzene rings is 2. The van der Waals surface area contributed by atoms with Crippen LogP contribution in [0, 0.1) is 20.8 Å². The van der Waals surface area contributed by atoms with Gasteiger partial charge in [-0.05, 0) is 49.6 Å². The summed E-state index contributed by atoms with van der Waals surface area (Å²) in [7, 11) is -0.962. The molecule has 0 fully saturated rings. The van der Waals surface area contributed by atoms with Crippen molar-refractivity contribution in [3.8, 4) is 0 Å². The fourth-order valence-electron chi connectivity index (χ4n) is 2.22. The maximum absolute atomic E-state index is 12.3. The lowest BCUT2D eigenvalue weighted by Crippen LogP contribution is -2.01. The molecule has 1 unspecified atom stereocenters. The van der Waals surface area contributed by atoms with E-state index in [9.17, 15) is 4.21 Å². The largest absolute Gasteiger partial charge is 0.254 e. The molecule has 0 N–H and O–H groups in total. The Morgan fingerprint density at radius 2 is 1.50 bits per heavy atom. The van der Waals surface area contributed by atoms with Crippen LogP contribution in [0.5, 0.6) is 0 Å². The second kappa shape index (κ2) is 5.49. The molecule has 2 heteroatoms. The molecule has 0 saturated carbocycles. The highest BCUT2D eigenvalue weighted by molar-refractivity contribution is 7.84. The summed E-state index contributed by atoms with van der Waals surface area (Å²) in [5, 5.41) is 0. The first-order chi connectivity index (χ1) is 8.58. The Morgan fingerprint density at radius 3 is 2.06 bits per heavy atom. The molecule has 94 valence electrons. The monoisotopic (exact) mass is 258 g/mol. The van der Waals surface area contributed by atoms with E-state index >= 15 is 0 Å². The van der Waals surface area contributed by atoms with E-state index in [1.54, 1.807) is 0 Å². The van der Waals surface area contributed by atoms with Crippen molar-refractivity contribution in [1.82, 2.24) is 0 Å². The van der Waals surface area contributed by atoms with Crippen LogP contribution in [0.2, 0.25) is 0 Å². The highest BCUT2D eigenvalue weighted by atomic mass is 32.2. The highest BCUT2D eigenvalue weighted by Gasteiger charge is 2.09. The van der Waals surface area contributed by atoms with Crippen LogP contribution >= 0.6 is 0 Å². The average molecular weight is 258 g/mol. The molecule has 1 atom stereocenters. The van der Waals surface area contributed by atoms with Crippen molar-refractivity contribution in [2.24, 2.45) is 0 Å². The van der Waals surface area contributed by atoms with E-state index in [-0.39, 0.29) is 0 Å². The van der Waals surface area contributed by atoms with E-state index in [4.69, 9.17) is 0 Å². The summed E-state index contributed by atoms with van der Waals surface area (Å²) < 4.78 is 12.3. The van der Waals surface area contributed by atoms with Crippen molar-refractivity contribution in [1.29, 1.82) is 0 Å². The Bertz CT molecular complexity index is 550. The predicted molar refractivity (Wildman–Crippen MR) is 77.2 cm³/mol. The van der Waals surface area contributed by atoms with Gasteiger partial charge in [-0.2, -0.15) is 0 Å². The minimum Gasteiger partial charge on any atom is -0.254 e. The second-order valence-electron chi connectivity index (χ2n) is 4.68. The van der Waals surface area contributed by atoms with Gasteiger partial charge in [-0.15, -0.1) is 0 Å². The third-order valence-electron chi connectivity index (χ3n) is 3.12. The van der Waals surface area contributed by atoms with Crippen LogP contribution in [0.4, 0.5) is 0 Å². The van der Waals surface area contributed by atoms with Gasteiger partial charge in [-0.3, -0.25) is 4.21 Å². The maximum atomic E-state index is 12.3. The third-order valence-corrected chi connectivity index (χ3v) is 4.47. The maximum Gasteiger partial charge on any atom is 0.0574 e. The minimum atomic E-state index is -0.962. The Morgan fingerprint density at radius 1 is 0.944 bits per heavy atom. The highest BCUT2D eigenvalue weighted by Crippen LogP contribution is 2.20. The van der Waals surface area contributed by atoms with Crippen LogP contribution < -0.4 is 0 Å². The third kappa shape index (κ3) is 2.88. The molecule has 0 saturated heterocycles. The van der Waals surface area contributed by atoms with Crippen LogP contribution in [-0.2, 0) is 16.6 Å². The Kier molecular flexibility index (Phi) is 3.97. The summed E-state index contributed by atoms with van der Waals surface area (Å²) in [4.78, 5) is 0.900. The first kappa shape index (κ1) is 13.0. The van der Waals surface area contributed by atoms with Gasteiger partial charge in [0, 0.05) is 4.90 Å². The van der Waals surface area contributed by atoms with E-state index in [1.807, 2.05) is 30.3 Å². The van der Waals surface area contributed by atoms with Gasteiger partial charge in [0.2, 0.25) is 0 Å². The molecule has 0 aliphatic heterocycles. The average Bonchev–Trinajstić information content (AvgIpc) is 2.34. The Labute approximate surface area is 111 Å². The van der Waals surface area contributed by atoms with Crippen molar-refractivity contribution in [3.63, 3.8) is 0 Å². The summed E-state index contributed by atoms with van der Waals surface area (Å²) in [6, 6.07) is 14.0. The zero-order chi connectivity index (χ0) is 13.1. The number of rotatable bonds is 3. The summed E-state index contributed by atoms with van der Waals surface area (Å²) in [6.45, 7) is 6.28. The van der Waals surface area contributed by atoms with Gasteiger partial charge < -0.3 is 0 Å². The number of hydrogen-bond donors (Lipinski definition) is 0. The van der Waals surface area contributed by atoms with Crippen molar-refractivity contribution < 1.29 is 4.21 Å². The Hall–Kier alpha value is -1.41. The van der Waals surface area contributed by atoms with E-state index < -0.39 is 10.8 Å². The molecule has 0 bridgehead atoms. The first-order valence-electron chi connectivity index (χ1n) is 6.08. The molecule has 1 nitrogen and oxygen atoms in total. The van der Waals surface area contributed by atoms with Crippen molar-refractivity contribution >= 4 is 10.8 Å². The van der Waals surface area contributed by atoms with Crippen molar-refractivity contribution in [2.45, 2.75) is 31.4 Å². The predicted octanol–water partition coefficient (Wildman–Crippen LogP) is 3.92. The zero-order valence-electron chi connectivity index (χ0n) is 11.1. The van der Waals surface area contributed by atoms with Crippen LogP contribution in [0.3, 0.4) is 0 Å². The van der Waals surface area contributed by atoms with Gasteiger partial charge in [0.1, 0.15) is 0 Å². The molecule has 18 heavy (non-hydrogen) atoms. The smallest absolute Gasteiger partial charge is 0.0574 e.